The number of rotatable bonds is 6. The Labute approximate surface area is 108 Å². The van der Waals surface area contributed by atoms with E-state index in [1.807, 2.05) is 13.8 Å². The second-order valence-corrected chi connectivity index (χ2v) is 4.70. The molecule has 1 aliphatic rings. The van der Waals surface area contributed by atoms with Gasteiger partial charge in [-0.05, 0) is 13.8 Å². The molecular weight excluding hydrogens is 234 g/mol. The van der Waals surface area contributed by atoms with Crippen LogP contribution >= 0.6 is 0 Å². The van der Waals surface area contributed by atoms with Crippen LogP contribution in [0.2, 0.25) is 0 Å². The molecule has 0 spiro atoms. The molecule has 6 nitrogen and oxygen atoms in total. The Balaban J connectivity index is 2.07. The molecule has 2 N–H and O–H groups in total. The number of hydrogen-bond acceptors (Lipinski definition) is 4. The van der Waals surface area contributed by atoms with E-state index in [1.165, 1.54) is 0 Å². The summed E-state index contributed by atoms with van der Waals surface area (Å²) in [6, 6.07) is 0.0682. The van der Waals surface area contributed by atoms with Gasteiger partial charge < -0.3 is 15.4 Å². The minimum atomic E-state index is -0.228. The van der Waals surface area contributed by atoms with E-state index < -0.39 is 0 Å². The van der Waals surface area contributed by atoms with Crippen molar-refractivity contribution in [1.29, 1.82) is 0 Å². The highest BCUT2D eigenvalue weighted by Gasteiger charge is 2.12. The molecule has 0 unspecified atom stereocenters. The zero-order valence-corrected chi connectivity index (χ0v) is 11.2. The summed E-state index contributed by atoms with van der Waals surface area (Å²) < 4.78 is 5.23. The van der Waals surface area contributed by atoms with Gasteiger partial charge in [0.25, 0.3) is 0 Å². The number of amides is 2. The molecule has 1 aliphatic heterocycles. The quantitative estimate of drug-likeness (QED) is 0.620. The summed E-state index contributed by atoms with van der Waals surface area (Å²) in [5, 5.41) is 5.44. The minimum absolute atomic E-state index is 0.0682. The third-order valence-corrected chi connectivity index (χ3v) is 2.62. The number of carbonyl (C=O) groups excluding carboxylic acids is 2. The van der Waals surface area contributed by atoms with Gasteiger partial charge in [0.15, 0.2) is 0 Å². The first-order chi connectivity index (χ1) is 8.58. The third kappa shape index (κ3) is 6.56. The van der Waals surface area contributed by atoms with Crippen LogP contribution in [0.1, 0.15) is 20.3 Å². The largest absolute Gasteiger partial charge is 0.379 e. The molecule has 1 rings (SSSR count). The van der Waals surface area contributed by atoms with Crippen LogP contribution in [0.25, 0.3) is 0 Å². The minimum Gasteiger partial charge on any atom is -0.379 e. The van der Waals surface area contributed by atoms with Crippen molar-refractivity contribution in [1.82, 2.24) is 15.5 Å². The van der Waals surface area contributed by atoms with Crippen LogP contribution in [0.5, 0.6) is 0 Å². The number of carbonyl (C=O) groups is 2. The van der Waals surface area contributed by atoms with E-state index in [1.54, 1.807) is 0 Å². The molecular formula is C12H23N3O3. The average molecular weight is 257 g/mol. The van der Waals surface area contributed by atoms with E-state index in [-0.39, 0.29) is 24.3 Å². The van der Waals surface area contributed by atoms with Crippen molar-refractivity contribution in [3.8, 4) is 0 Å². The number of ether oxygens (including phenoxy) is 1. The lowest BCUT2D eigenvalue weighted by molar-refractivity contribution is -0.129. The molecule has 0 radical (unpaired) electrons. The van der Waals surface area contributed by atoms with Gasteiger partial charge in [-0.2, -0.15) is 0 Å². The standard InChI is InChI=1S/C12H23N3O3/c1-10(2)14-12(17)9-11(16)13-3-4-15-5-7-18-8-6-15/h10H,3-9H2,1-2H3,(H,13,16)(H,14,17). The summed E-state index contributed by atoms with van der Waals surface area (Å²) >= 11 is 0. The first-order valence-electron chi connectivity index (χ1n) is 6.44. The Hall–Kier alpha value is -1.14. The molecule has 0 atom stereocenters. The molecule has 104 valence electrons. The molecule has 1 heterocycles. The zero-order valence-electron chi connectivity index (χ0n) is 11.2. The first kappa shape index (κ1) is 14.9. The summed E-state index contributed by atoms with van der Waals surface area (Å²) in [6.07, 6.45) is -0.0959. The van der Waals surface area contributed by atoms with Crippen molar-refractivity contribution in [2.75, 3.05) is 39.4 Å². The van der Waals surface area contributed by atoms with E-state index in [9.17, 15) is 9.59 Å². The SMILES string of the molecule is CC(C)NC(=O)CC(=O)NCCN1CCOCC1. The van der Waals surface area contributed by atoms with Crippen LogP contribution in [-0.4, -0.2) is 62.1 Å². The van der Waals surface area contributed by atoms with Gasteiger partial charge in [-0.1, -0.05) is 0 Å². The molecule has 0 saturated carbocycles. The van der Waals surface area contributed by atoms with Crippen LogP contribution in [0.4, 0.5) is 0 Å². The summed E-state index contributed by atoms with van der Waals surface area (Å²) in [4.78, 5) is 25.0. The lowest BCUT2D eigenvalue weighted by Crippen LogP contribution is -2.42. The average Bonchev–Trinajstić information content (AvgIpc) is 2.29. The van der Waals surface area contributed by atoms with Crippen LogP contribution in [0.15, 0.2) is 0 Å². The summed E-state index contributed by atoms with van der Waals surface area (Å²) in [7, 11) is 0. The van der Waals surface area contributed by atoms with Crippen molar-refractivity contribution in [2.45, 2.75) is 26.3 Å². The van der Waals surface area contributed by atoms with Gasteiger partial charge in [0.1, 0.15) is 6.42 Å². The van der Waals surface area contributed by atoms with Gasteiger partial charge in [-0.25, -0.2) is 0 Å². The highest BCUT2D eigenvalue weighted by atomic mass is 16.5. The number of morpholine rings is 1. The Morgan fingerprint density at radius 1 is 1.22 bits per heavy atom. The maximum atomic E-state index is 11.5. The Bertz CT molecular complexity index is 276. The van der Waals surface area contributed by atoms with Crippen LogP contribution < -0.4 is 10.6 Å². The fourth-order valence-electron chi connectivity index (χ4n) is 1.76. The predicted octanol–water partition coefficient (Wildman–Crippen LogP) is -0.650. The van der Waals surface area contributed by atoms with Crippen molar-refractivity contribution in [3.63, 3.8) is 0 Å². The highest BCUT2D eigenvalue weighted by molar-refractivity contribution is 5.96. The van der Waals surface area contributed by atoms with Gasteiger partial charge in [0.2, 0.25) is 11.8 Å². The smallest absolute Gasteiger partial charge is 0.229 e. The lowest BCUT2D eigenvalue weighted by Gasteiger charge is -2.26. The van der Waals surface area contributed by atoms with E-state index in [0.717, 1.165) is 32.8 Å². The van der Waals surface area contributed by atoms with Crippen molar-refractivity contribution in [3.05, 3.63) is 0 Å². The van der Waals surface area contributed by atoms with Crippen LogP contribution in [0.3, 0.4) is 0 Å². The number of hydrogen-bond donors (Lipinski definition) is 2. The molecule has 0 bridgehead atoms. The summed E-state index contributed by atoms with van der Waals surface area (Å²) in [5.74, 6) is -0.449. The molecule has 0 aromatic rings. The van der Waals surface area contributed by atoms with E-state index >= 15 is 0 Å². The number of nitrogens with zero attached hydrogens (tertiary/aromatic N) is 1. The maximum Gasteiger partial charge on any atom is 0.229 e. The summed E-state index contributed by atoms with van der Waals surface area (Å²) in [5.41, 5.74) is 0. The Morgan fingerprint density at radius 2 is 1.89 bits per heavy atom. The molecule has 1 saturated heterocycles. The second kappa shape index (κ2) is 8.05. The van der Waals surface area contributed by atoms with Gasteiger partial charge >= 0.3 is 0 Å². The lowest BCUT2D eigenvalue weighted by atomic mass is 10.3. The van der Waals surface area contributed by atoms with E-state index in [4.69, 9.17) is 4.74 Å². The molecule has 0 aliphatic carbocycles. The van der Waals surface area contributed by atoms with Crippen LogP contribution in [0, 0.1) is 0 Å². The highest BCUT2D eigenvalue weighted by Crippen LogP contribution is 1.94. The van der Waals surface area contributed by atoms with Gasteiger partial charge in [0, 0.05) is 32.2 Å². The Morgan fingerprint density at radius 3 is 2.50 bits per heavy atom. The normalized spacial score (nSPS) is 16.6. The zero-order chi connectivity index (χ0) is 13.4. The maximum absolute atomic E-state index is 11.5. The molecule has 6 heteroatoms. The molecule has 1 fully saturated rings. The van der Waals surface area contributed by atoms with Gasteiger partial charge in [0.05, 0.1) is 13.2 Å². The Kier molecular flexibility index (Phi) is 6.67. The topological polar surface area (TPSA) is 70.7 Å². The van der Waals surface area contributed by atoms with E-state index in [2.05, 4.69) is 15.5 Å². The fraction of sp³-hybridized carbons (Fsp3) is 0.833. The molecule has 2 amide bonds. The van der Waals surface area contributed by atoms with E-state index in [0.29, 0.717) is 6.54 Å². The first-order valence-corrected chi connectivity index (χ1v) is 6.44. The van der Waals surface area contributed by atoms with Gasteiger partial charge in [-0.3, -0.25) is 14.5 Å². The molecule has 0 aromatic carbocycles. The van der Waals surface area contributed by atoms with Crippen molar-refractivity contribution in [2.24, 2.45) is 0 Å². The molecule has 0 aromatic heterocycles. The monoisotopic (exact) mass is 257 g/mol. The van der Waals surface area contributed by atoms with Gasteiger partial charge in [-0.15, -0.1) is 0 Å². The summed E-state index contributed by atoms with van der Waals surface area (Å²) in [6.45, 7) is 8.44. The van der Waals surface area contributed by atoms with Crippen molar-refractivity contribution < 1.29 is 14.3 Å². The fourth-order valence-corrected chi connectivity index (χ4v) is 1.76. The van der Waals surface area contributed by atoms with Crippen molar-refractivity contribution >= 4 is 11.8 Å². The molecule has 18 heavy (non-hydrogen) atoms. The third-order valence-electron chi connectivity index (χ3n) is 2.62. The number of nitrogens with one attached hydrogen (secondary N) is 2. The van der Waals surface area contributed by atoms with Crippen LogP contribution in [-0.2, 0) is 14.3 Å². The second-order valence-electron chi connectivity index (χ2n) is 4.70. The predicted molar refractivity (Wildman–Crippen MR) is 68.2 cm³/mol.